The number of ether oxygens (including phenoxy) is 1. The van der Waals surface area contributed by atoms with Gasteiger partial charge in [0.2, 0.25) is 11.8 Å². The molecule has 1 unspecified atom stereocenters. The third-order valence-electron chi connectivity index (χ3n) is 4.03. The highest BCUT2D eigenvalue weighted by Crippen LogP contribution is 2.17. The molecule has 0 aromatic heterocycles. The lowest BCUT2D eigenvalue weighted by molar-refractivity contribution is -0.131. The predicted octanol–water partition coefficient (Wildman–Crippen LogP) is 3.56. The average molecular weight is 405 g/mol. The summed E-state index contributed by atoms with van der Waals surface area (Å²) >= 11 is 1.27. The number of benzene rings is 2. The van der Waals surface area contributed by atoms with Crippen LogP contribution < -0.4 is 5.32 Å². The fourth-order valence-corrected chi connectivity index (χ4v) is 3.30. The minimum atomic E-state index is -0.375. The van der Waals surface area contributed by atoms with E-state index in [9.17, 15) is 14.0 Å². The molecule has 0 bridgehead atoms. The zero-order chi connectivity index (χ0) is 20.4. The first-order valence-electron chi connectivity index (χ1n) is 8.98. The van der Waals surface area contributed by atoms with Crippen molar-refractivity contribution in [2.24, 2.45) is 0 Å². The first kappa shape index (κ1) is 21.9. The van der Waals surface area contributed by atoms with Crippen molar-refractivity contribution in [3.63, 3.8) is 0 Å². The van der Waals surface area contributed by atoms with Crippen molar-refractivity contribution in [1.82, 2.24) is 4.90 Å². The highest BCUT2D eigenvalue weighted by atomic mass is 32.2. The molecular weight excluding hydrogens is 379 g/mol. The Morgan fingerprint density at radius 1 is 1.14 bits per heavy atom. The maximum absolute atomic E-state index is 12.9. The van der Waals surface area contributed by atoms with Crippen LogP contribution >= 0.6 is 11.8 Å². The van der Waals surface area contributed by atoms with Crippen LogP contribution in [0, 0.1) is 5.82 Å². The summed E-state index contributed by atoms with van der Waals surface area (Å²) in [7, 11) is 1.60. The summed E-state index contributed by atoms with van der Waals surface area (Å²) in [5.74, 6) is -0.502. The molecule has 0 saturated carbocycles. The van der Waals surface area contributed by atoms with Crippen molar-refractivity contribution in [2.75, 3.05) is 31.3 Å². The molecular formula is C21H25FN2O3S. The van der Waals surface area contributed by atoms with Gasteiger partial charge in [0.1, 0.15) is 5.82 Å². The van der Waals surface area contributed by atoms with Gasteiger partial charge in [0, 0.05) is 25.9 Å². The van der Waals surface area contributed by atoms with E-state index in [4.69, 9.17) is 4.74 Å². The molecule has 2 rings (SSSR count). The van der Waals surface area contributed by atoms with E-state index in [1.54, 1.807) is 18.9 Å². The molecule has 28 heavy (non-hydrogen) atoms. The standard InChI is InChI=1S/C21H25FN2O3S/c1-16(28-15-20(25)23-19-10-8-18(22)9-11-19)21(26)24(12-13-27-2)14-17-6-4-3-5-7-17/h3-11,16H,12-15H2,1-2H3,(H,23,25). The molecule has 2 amide bonds. The summed E-state index contributed by atoms with van der Waals surface area (Å²) < 4.78 is 18.0. The van der Waals surface area contributed by atoms with Gasteiger partial charge in [-0.25, -0.2) is 4.39 Å². The lowest BCUT2D eigenvalue weighted by Gasteiger charge is -2.25. The van der Waals surface area contributed by atoms with Crippen LogP contribution in [0.3, 0.4) is 0 Å². The lowest BCUT2D eigenvalue weighted by Crippen LogP contribution is -2.38. The normalized spacial score (nSPS) is 11.7. The molecule has 5 nitrogen and oxygen atoms in total. The fraction of sp³-hybridized carbons (Fsp3) is 0.333. The van der Waals surface area contributed by atoms with Gasteiger partial charge in [-0.3, -0.25) is 9.59 Å². The number of methoxy groups -OCH3 is 1. The van der Waals surface area contributed by atoms with Crippen LogP contribution in [0.25, 0.3) is 0 Å². The van der Waals surface area contributed by atoms with E-state index in [0.717, 1.165) is 5.56 Å². The zero-order valence-corrected chi connectivity index (χ0v) is 16.9. The van der Waals surface area contributed by atoms with Gasteiger partial charge in [-0.05, 0) is 36.8 Å². The molecule has 150 valence electrons. The predicted molar refractivity (Wildman–Crippen MR) is 111 cm³/mol. The number of carbonyl (C=O) groups is 2. The molecule has 0 fully saturated rings. The van der Waals surface area contributed by atoms with Crippen molar-refractivity contribution >= 4 is 29.3 Å². The number of rotatable bonds is 10. The number of thioether (sulfide) groups is 1. The fourth-order valence-electron chi connectivity index (χ4n) is 2.53. The third-order valence-corrected chi connectivity index (χ3v) is 5.16. The highest BCUT2D eigenvalue weighted by Gasteiger charge is 2.22. The van der Waals surface area contributed by atoms with Crippen LogP contribution in [0.5, 0.6) is 0 Å². The Morgan fingerprint density at radius 3 is 2.46 bits per heavy atom. The summed E-state index contributed by atoms with van der Waals surface area (Å²) in [6.07, 6.45) is 0. The minimum Gasteiger partial charge on any atom is -0.383 e. The van der Waals surface area contributed by atoms with E-state index < -0.39 is 0 Å². The molecule has 0 aliphatic rings. The van der Waals surface area contributed by atoms with Crippen LogP contribution in [-0.4, -0.2) is 48.0 Å². The minimum absolute atomic E-state index is 0.0412. The van der Waals surface area contributed by atoms with Crippen molar-refractivity contribution in [3.05, 3.63) is 66.0 Å². The van der Waals surface area contributed by atoms with E-state index in [0.29, 0.717) is 25.4 Å². The van der Waals surface area contributed by atoms with Gasteiger partial charge in [0.05, 0.1) is 17.6 Å². The van der Waals surface area contributed by atoms with E-state index in [-0.39, 0.29) is 28.6 Å². The molecule has 0 heterocycles. The van der Waals surface area contributed by atoms with Gasteiger partial charge in [0.15, 0.2) is 0 Å². The summed E-state index contributed by atoms with van der Waals surface area (Å²) in [6, 6.07) is 15.3. The van der Waals surface area contributed by atoms with E-state index in [1.165, 1.54) is 36.0 Å². The zero-order valence-electron chi connectivity index (χ0n) is 16.1. The first-order valence-corrected chi connectivity index (χ1v) is 10.0. The first-order chi connectivity index (χ1) is 13.5. The van der Waals surface area contributed by atoms with Crippen LogP contribution in [0.4, 0.5) is 10.1 Å². The summed E-state index contributed by atoms with van der Waals surface area (Å²) in [5, 5.41) is 2.32. The number of nitrogens with one attached hydrogen (secondary N) is 1. The number of amides is 2. The molecule has 2 aromatic rings. The number of anilines is 1. The largest absolute Gasteiger partial charge is 0.383 e. The second-order valence-corrected chi connectivity index (χ2v) is 7.58. The SMILES string of the molecule is COCCN(Cc1ccccc1)C(=O)C(C)SCC(=O)Nc1ccc(F)cc1. The quantitative estimate of drug-likeness (QED) is 0.658. The summed E-state index contributed by atoms with van der Waals surface area (Å²) in [5.41, 5.74) is 1.56. The van der Waals surface area contributed by atoms with E-state index in [2.05, 4.69) is 5.32 Å². The molecule has 1 atom stereocenters. The maximum atomic E-state index is 12.9. The second-order valence-electron chi connectivity index (χ2n) is 6.25. The van der Waals surface area contributed by atoms with Crippen LogP contribution in [-0.2, 0) is 20.9 Å². The molecule has 0 spiro atoms. The summed E-state index contributed by atoms with van der Waals surface area (Å²) in [6.45, 7) is 3.22. The van der Waals surface area contributed by atoms with Crippen molar-refractivity contribution in [1.29, 1.82) is 0 Å². The van der Waals surface area contributed by atoms with Gasteiger partial charge in [-0.1, -0.05) is 30.3 Å². The number of carbonyl (C=O) groups excluding carboxylic acids is 2. The molecule has 0 aliphatic carbocycles. The topological polar surface area (TPSA) is 58.6 Å². The van der Waals surface area contributed by atoms with Crippen LogP contribution in [0.1, 0.15) is 12.5 Å². The second kappa shape index (κ2) is 11.5. The van der Waals surface area contributed by atoms with Gasteiger partial charge < -0.3 is 15.0 Å². The van der Waals surface area contributed by atoms with Gasteiger partial charge in [-0.15, -0.1) is 11.8 Å². The monoisotopic (exact) mass is 404 g/mol. The van der Waals surface area contributed by atoms with Crippen LogP contribution in [0.2, 0.25) is 0 Å². The smallest absolute Gasteiger partial charge is 0.235 e. The molecule has 0 aliphatic heterocycles. The Balaban J connectivity index is 1.88. The number of halogens is 1. The molecule has 1 N–H and O–H groups in total. The number of nitrogens with zero attached hydrogens (tertiary/aromatic N) is 1. The Bertz CT molecular complexity index is 756. The molecule has 0 saturated heterocycles. The van der Waals surface area contributed by atoms with E-state index >= 15 is 0 Å². The Labute approximate surface area is 169 Å². The van der Waals surface area contributed by atoms with Crippen molar-refractivity contribution in [3.8, 4) is 0 Å². The molecule has 0 radical (unpaired) electrons. The van der Waals surface area contributed by atoms with E-state index in [1.807, 2.05) is 30.3 Å². The lowest BCUT2D eigenvalue weighted by atomic mass is 10.2. The average Bonchev–Trinajstić information content (AvgIpc) is 2.71. The van der Waals surface area contributed by atoms with Crippen LogP contribution in [0.15, 0.2) is 54.6 Å². The van der Waals surface area contributed by atoms with Crippen molar-refractivity contribution in [2.45, 2.75) is 18.7 Å². The Morgan fingerprint density at radius 2 is 1.82 bits per heavy atom. The highest BCUT2D eigenvalue weighted by molar-refractivity contribution is 8.01. The third kappa shape index (κ3) is 7.32. The van der Waals surface area contributed by atoms with Gasteiger partial charge in [-0.2, -0.15) is 0 Å². The Kier molecular flexibility index (Phi) is 8.97. The Hall–Kier alpha value is -2.38. The maximum Gasteiger partial charge on any atom is 0.235 e. The van der Waals surface area contributed by atoms with Crippen molar-refractivity contribution < 1.29 is 18.7 Å². The van der Waals surface area contributed by atoms with Gasteiger partial charge in [0.25, 0.3) is 0 Å². The molecule has 7 heteroatoms. The number of hydrogen-bond donors (Lipinski definition) is 1. The summed E-state index contributed by atoms with van der Waals surface area (Å²) in [4.78, 5) is 26.7. The van der Waals surface area contributed by atoms with Gasteiger partial charge >= 0.3 is 0 Å². The number of hydrogen-bond acceptors (Lipinski definition) is 4. The molecule has 2 aromatic carbocycles.